The second-order valence-electron chi connectivity index (χ2n) is 7.16. The van der Waals surface area contributed by atoms with Gasteiger partial charge < -0.3 is 25.4 Å². The van der Waals surface area contributed by atoms with E-state index in [1.807, 2.05) is 0 Å². The van der Waals surface area contributed by atoms with E-state index >= 15 is 0 Å². The molecular weight excluding hydrogens is 376 g/mol. The van der Waals surface area contributed by atoms with E-state index in [0.717, 1.165) is 19.6 Å². The van der Waals surface area contributed by atoms with Gasteiger partial charge in [0.05, 0.1) is 6.61 Å². The smallest absolute Gasteiger partial charge is 0.303 e. The first-order chi connectivity index (χ1) is 13.8. The maximum Gasteiger partial charge on any atom is 0.303 e. The molecule has 0 spiro atoms. The van der Waals surface area contributed by atoms with E-state index in [1.54, 1.807) is 24.3 Å². The largest absolute Gasteiger partial charge is 0.494 e. The number of anilines is 1. The van der Waals surface area contributed by atoms with Gasteiger partial charge >= 0.3 is 5.97 Å². The van der Waals surface area contributed by atoms with Crippen LogP contribution in [0.25, 0.3) is 0 Å². The number of benzene rings is 1. The van der Waals surface area contributed by atoms with Gasteiger partial charge in [-0.3, -0.25) is 20.1 Å². The third-order valence-corrected chi connectivity index (χ3v) is 4.83. The van der Waals surface area contributed by atoms with E-state index < -0.39 is 23.3 Å². The van der Waals surface area contributed by atoms with Crippen molar-refractivity contribution in [1.29, 1.82) is 0 Å². The SMILES string of the molecule is CC(=O)C(N)(Nc1ccc(OCCCC(=O)O)cc1)C(=O)NCCN1CCCC1. The minimum Gasteiger partial charge on any atom is -0.494 e. The lowest BCUT2D eigenvalue weighted by Crippen LogP contribution is -2.64. The monoisotopic (exact) mass is 406 g/mol. The topological polar surface area (TPSA) is 134 Å². The number of Topliss-reactive ketones (excluding diaryl/α,β-unsaturated/α-hetero) is 1. The molecule has 1 amide bonds. The second-order valence-corrected chi connectivity index (χ2v) is 7.16. The van der Waals surface area contributed by atoms with Gasteiger partial charge in [-0.15, -0.1) is 0 Å². The van der Waals surface area contributed by atoms with Crippen molar-refractivity contribution in [3.8, 4) is 5.75 Å². The number of nitrogens with one attached hydrogen (secondary N) is 2. The van der Waals surface area contributed by atoms with Crippen LogP contribution in [-0.4, -0.2) is 66.1 Å². The summed E-state index contributed by atoms with van der Waals surface area (Å²) in [7, 11) is 0. The molecule has 2 rings (SSSR count). The molecule has 0 aliphatic carbocycles. The summed E-state index contributed by atoms with van der Waals surface area (Å²) in [5.74, 6) is -1.37. The number of ketones is 1. The highest BCUT2D eigenvalue weighted by atomic mass is 16.5. The number of rotatable bonds is 12. The number of ether oxygens (including phenoxy) is 1. The molecule has 1 atom stereocenters. The van der Waals surface area contributed by atoms with Crippen molar-refractivity contribution < 1.29 is 24.2 Å². The molecule has 1 fully saturated rings. The average Bonchev–Trinajstić information content (AvgIpc) is 3.19. The zero-order valence-corrected chi connectivity index (χ0v) is 16.8. The Morgan fingerprint density at radius 3 is 2.45 bits per heavy atom. The number of amides is 1. The molecule has 160 valence electrons. The highest BCUT2D eigenvalue weighted by Crippen LogP contribution is 2.19. The van der Waals surface area contributed by atoms with Crippen LogP contribution in [-0.2, 0) is 14.4 Å². The quantitative estimate of drug-likeness (QED) is 0.227. The molecule has 1 saturated heterocycles. The number of hydrogen-bond donors (Lipinski definition) is 4. The number of carbonyl (C=O) groups excluding carboxylic acids is 2. The Balaban J connectivity index is 1.87. The van der Waals surface area contributed by atoms with Crippen LogP contribution in [0.2, 0.25) is 0 Å². The van der Waals surface area contributed by atoms with E-state index in [1.165, 1.54) is 19.8 Å². The lowest BCUT2D eigenvalue weighted by Gasteiger charge is -2.28. The maximum absolute atomic E-state index is 12.6. The number of carboxylic acid groups (broad SMARTS) is 1. The van der Waals surface area contributed by atoms with Crippen LogP contribution < -0.4 is 21.1 Å². The number of carbonyl (C=O) groups is 3. The summed E-state index contributed by atoms with van der Waals surface area (Å²) < 4.78 is 5.47. The van der Waals surface area contributed by atoms with Crippen molar-refractivity contribution in [3.63, 3.8) is 0 Å². The fraction of sp³-hybridized carbons (Fsp3) is 0.550. The fourth-order valence-electron chi connectivity index (χ4n) is 3.05. The Labute approximate surface area is 170 Å². The summed E-state index contributed by atoms with van der Waals surface area (Å²) in [5, 5.41) is 14.2. The van der Waals surface area contributed by atoms with Gasteiger partial charge in [0.15, 0.2) is 5.78 Å². The van der Waals surface area contributed by atoms with Gasteiger partial charge in [-0.2, -0.15) is 0 Å². The summed E-state index contributed by atoms with van der Waals surface area (Å²) in [6.45, 7) is 4.77. The average molecular weight is 406 g/mol. The molecule has 1 unspecified atom stereocenters. The zero-order chi connectivity index (χ0) is 21.3. The van der Waals surface area contributed by atoms with Crippen LogP contribution in [0, 0.1) is 0 Å². The first-order valence-electron chi connectivity index (χ1n) is 9.84. The number of carboxylic acids is 1. The number of aliphatic carboxylic acids is 1. The fourth-order valence-corrected chi connectivity index (χ4v) is 3.05. The summed E-state index contributed by atoms with van der Waals surface area (Å²) in [6.07, 6.45) is 2.79. The molecule has 29 heavy (non-hydrogen) atoms. The van der Waals surface area contributed by atoms with Crippen molar-refractivity contribution in [2.24, 2.45) is 5.73 Å². The normalized spacial score (nSPS) is 16.1. The van der Waals surface area contributed by atoms with E-state index in [4.69, 9.17) is 15.6 Å². The van der Waals surface area contributed by atoms with Gasteiger partial charge in [0.25, 0.3) is 5.91 Å². The summed E-state index contributed by atoms with van der Waals surface area (Å²) >= 11 is 0. The van der Waals surface area contributed by atoms with E-state index in [9.17, 15) is 14.4 Å². The van der Waals surface area contributed by atoms with Gasteiger partial charge in [0, 0.05) is 25.2 Å². The number of nitrogens with two attached hydrogens (primary N) is 1. The van der Waals surface area contributed by atoms with Gasteiger partial charge in [-0.1, -0.05) is 0 Å². The van der Waals surface area contributed by atoms with E-state index in [2.05, 4.69) is 15.5 Å². The summed E-state index contributed by atoms with van der Waals surface area (Å²) in [4.78, 5) is 37.4. The van der Waals surface area contributed by atoms with E-state index in [0.29, 0.717) is 24.4 Å². The van der Waals surface area contributed by atoms with Crippen LogP contribution in [0.1, 0.15) is 32.6 Å². The van der Waals surface area contributed by atoms with Crippen LogP contribution >= 0.6 is 0 Å². The van der Waals surface area contributed by atoms with Crippen molar-refractivity contribution in [1.82, 2.24) is 10.2 Å². The first kappa shape index (κ1) is 22.6. The minimum absolute atomic E-state index is 0.0425. The van der Waals surface area contributed by atoms with Crippen LogP contribution in [0.5, 0.6) is 5.75 Å². The molecule has 1 aromatic rings. The molecule has 5 N–H and O–H groups in total. The lowest BCUT2D eigenvalue weighted by molar-refractivity contribution is -0.137. The molecule has 0 bridgehead atoms. The molecule has 1 aliphatic rings. The number of nitrogens with zero attached hydrogens (tertiary/aromatic N) is 1. The molecular formula is C20H30N4O5. The van der Waals surface area contributed by atoms with Crippen molar-refractivity contribution in [2.45, 2.75) is 38.3 Å². The molecule has 0 radical (unpaired) electrons. The van der Waals surface area contributed by atoms with Crippen LogP contribution in [0.4, 0.5) is 5.69 Å². The molecule has 9 heteroatoms. The predicted molar refractivity (Wildman–Crippen MR) is 109 cm³/mol. The van der Waals surface area contributed by atoms with Crippen LogP contribution in [0.15, 0.2) is 24.3 Å². The number of hydrogen-bond acceptors (Lipinski definition) is 7. The van der Waals surface area contributed by atoms with Crippen LogP contribution in [0.3, 0.4) is 0 Å². The van der Waals surface area contributed by atoms with Crippen molar-refractivity contribution in [2.75, 3.05) is 38.1 Å². The molecule has 1 heterocycles. The van der Waals surface area contributed by atoms with Gasteiger partial charge in [0.1, 0.15) is 5.75 Å². The second kappa shape index (κ2) is 10.8. The Bertz CT molecular complexity index is 703. The Morgan fingerprint density at radius 1 is 1.21 bits per heavy atom. The van der Waals surface area contributed by atoms with Crippen molar-refractivity contribution in [3.05, 3.63) is 24.3 Å². The molecule has 1 aliphatic heterocycles. The maximum atomic E-state index is 12.6. The molecule has 0 aromatic heterocycles. The highest BCUT2D eigenvalue weighted by Gasteiger charge is 2.39. The molecule has 1 aromatic carbocycles. The predicted octanol–water partition coefficient (Wildman–Crippen LogP) is 0.798. The summed E-state index contributed by atoms with van der Waals surface area (Å²) in [5.41, 5.74) is 4.73. The zero-order valence-electron chi connectivity index (χ0n) is 16.8. The number of likely N-dealkylation sites (tertiary alicyclic amines) is 1. The molecule has 9 nitrogen and oxygen atoms in total. The van der Waals surface area contributed by atoms with Gasteiger partial charge in [-0.25, -0.2) is 0 Å². The first-order valence-corrected chi connectivity index (χ1v) is 9.84. The minimum atomic E-state index is -1.87. The standard InChI is InChI=1S/C20H30N4O5/c1-15(25)20(21,19(28)22-10-13-24-11-2-3-12-24)23-16-6-8-17(9-7-16)29-14-4-5-18(26)27/h6-9,23H,2-5,10-14,21H2,1H3,(H,22,28)(H,26,27). The molecule has 0 saturated carbocycles. The third-order valence-electron chi connectivity index (χ3n) is 4.83. The Kier molecular flexibility index (Phi) is 8.41. The third kappa shape index (κ3) is 7.03. The van der Waals surface area contributed by atoms with Crippen molar-refractivity contribution >= 4 is 23.3 Å². The Morgan fingerprint density at radius 2 is 1.86 bits per heavy atom. The Hall–Kier alpha value is -2.65. The highest BCUT2D eigenvalue weighted by molar-refractivity contribution is 6.11. The van der Waals surface area contributed by atoms with Gasteiger partial charge in [-0.05, 0) is 63.5 Å². The lowest BCUT2D eigenvalue weighted by atomic mass is 10.1. The van der Waals surface area contributed by atoms with E-state index in [-0.39, 0.29) is 13.0 Å². The van der Waals surface area contributed by atoms with Gasteiger partial charge in [0.2, 0.25) is 5.66 Å². The summed E-state index contributed by atoms with van der Waals surface area (Å²) in [6, 6.07) is 6.62.